The average Bonchev–Trinajstić information content (AvgIpc) is 3.17. The summed E-state index contributed by atoms with van der Waals surface area (Å²) in [6, 6.07) is 8.13. The normalized spacial score (nSPS) is 8.00. The van der Waals surface area contributed by atoms with Crippen LogP contribution in [0, 0.1) is 0 Å². The third-order valence-electron chi connectivity index (χ3n) is 1.58. The second kappa shape index (κ2) is 12.2. The third kappa shape index (κ3) is 6.47. The summed E-state index contributed by atoms with van der Waals surface area (Å²) in [4.78, 5) is 7.88. The van der Waals surface area contributed by atoms with Crippen LogP contribution in [0.25, 0.3) is 10.2 Å². The molecule has 0 aliphatic rings. The maximum Gasteiger partial charge on any atom is 0.0812 e. The number of hydrogen-bond donors (Lipinski definition) is 0. The van der Waals surface area contributed by atoms with Crippen LogP contribution >= 0.6 is 22.7 Å². The van der Waals surface area contributed by atoms with Crippen molar-refractivity contribution in [3.63, 3.8) is 0 Å². The molecule has 0 aliphatic heterocycles. The minimum absolute atomic E-state index is 1.10. The van der Waals surface area contributed by atoms with E-state index in [1.165, 1.54) is 4.70 Å². The Kier molecular flexibility index (Phi) is 11.3. The summed E-state index contributed by atoms with van der Waals surface area (Å²) in [6.07, 6.45) is 1.77. The molecule has 0 unspecified atom stereocenters. The second-order valence-corrected chi connectivity index (χ2v) is 4.14. The first-order valence-electron chi connectivity index (χ1n) is 6.07. The maximum atomic E-state index is 4.14. The molecule has 18 heavy (non-hydrogen) atoms. The molecule has 0 aliphatic carbocycles. The Morgan fingerprint density at radius 2 is 1.67 bits per heavy atom. The quantitative estimate of drug-likeness (QED) is 0.544. The third-order valence-corrected chi connectivity index (χ3v) is 2.92. The number of nitrogens with zero attached hydrogens (tertiary/aromatic N) is 2. The Labute approximate surface area is 117 Å². The fourth-order valence-corrected chi connectivity index (χ4v) is 2.01. The summed E-state index contributed by atoms with van der Waals surface area (Å²) in [5, 5.41) is 1.93. The van der Waals surface area contributed by atoms with Crippen molar-refractivity contribution in [3.8, 4) is 0 Å². The van der Waals surface area contributed by atoms with Crippen molar-refractivity contribution in [1.82, 2.24) is 9.97 Å². The summed E-state index contributed by atoms with van der Waals surface area (Å²) in [6.45, 7) is 8.00. The van der Waals surface area contributed by atoms with E-state index in [9.17, 15) is 0 Å². The van der Waals surface area contributed by atoms with Gasteiger partial charge < -0.3 is 0 Å². The highest BCUT2D eigenvalue weighted by Gasteiger charge is 1.89. The monoisotopic (exact) mass is 280 g/mol. The highest BCUT2D eigenvalue weighted by molar-refractivity contribution is 7.16. The molecular weight excluding hydrogens is 260 g/mol. The van der Waals surface area contributed by atoms with E-state index < -0.39 is 0 Å². The van der Waals surface area contributed by atoms with Crippen LogP contribution in [0.2, 0.25) is 0 Å². The first kappa shape index (κ1) is 16.7. The van der Waals surface area contributed by atoms with Crippen molar-refractivity contribution in [1.29, 1.82) is 0 Å². The molecule has 0 radical (unpaired) electrons. The van der Waals surface area contributed by atoms with Crippen molar-refractivity contribution in [3.05, 3.63) is 46.9 Å². The van der Waals surface area contributed by atoms with E-state index in [0.29, 0.717) is 0 Å². The lowest BCUT2D eigenvalue weighted by Gasteiger charge is -1.80. The molecule has 98 valence electrons. The number of fused-ring (bicyclic) bond motifs is 1. The Morgan fingerprint density at radius 1 is 0.944 bits per heavy atom. The molecule has 1 aromatic carbocycles. The maximum absolute atomic E-state index is 4.14. The molecule has 2 heterocycles. The van der Waals surface area contributed by atoms with Gasteiger partial charge in [-0.3, -0.25) is 4.98 Å². The summed E-state index contributed by atoms with van der Waals surface area (Å²) in [5.41, 5.74) is 4.76. The highest BCUT2D eigenvalue weighted by atomic mass is 32.1. The van der Waals surface area contributed by atoms with Gasteiger partial charge in [-0.05, 0) is 12.1 Å². The fourth-order valence-electron chi connectivity index (χ4n) is 0.979. The van der Waals surface area contributed by atoms with Crippen LogP contribution in [0.15, 0.2) is 46.9 Å². The van der Waals surface area contributed by atoms with E-state index in [1.807, 2.05) is 56.8 Å². The van der Waals surface area contributed by atoms with Gasteiger partial charge in [0.15, 0.2) is 0 Å². The number of aromatic nitrogens is 2. The van der Waals surface area contributed by atoms with Crippen LogP contribution in [0.5, 0.6) is 0 Å². The second-order valence-electron chi connectivity index (χ2n) is 2.50. The van der Waals surface area contributed by atoms with Crippen molar-refractivity contribution in [2.75, 3.05) is 0 Å². The van der Waals surface area contributed by atoms with Gasteiger partial charge in [-0.25, -0.2) is 4.98 Å². The van der Waals surface area contributed by atoms with E-state index in [-0.39, 0.29) is 0 Å². The van der Waals surface area contributed by atoms with E-state index in [0.717, 1.165) is 5.52 Å². The molecule has 3 aromatic rings. The van der Waals surface area contributed by atoms with Crippen molar-refractivity contribution >= 4 is 32.9 Å². The van der Waals surface area contributed by atoms with Gasteiger partial charge in [0.25, 0.3) is 0 Å². The van der Waals surface area contributed by atoms with Crippen molar-refractivity contribution < 1.29 is 0 Å². The number of rotatable bonds is 0. The van der Waals surface area contributed by atoms with Gasteiger partial charge in [-0.2, -0.15) is 0 Å². The largest absolute Gasteiger partial charge is 0.253 e. The fraction of sp³-hybridized carbons (Fsp3) is 0.286. The molecular formula is C14H20N2S2. The van der Waals surface area contributed by atoms with Crippen molar-refractivity contribution in [2.45, 2.75) is 27.7 Å². The Morgan fingerprint density at radius 3 is 2.17 bits per heavy atom. The van der Waals surface area contributed by atoms with Crippen LogP contribution in [0.4, 0.5) is 0 Å². The lowest BCUT2D eigenvalue weighted by Crippen LogP contribution is -1.61. The Hall–Kier alpha value is -1.26. The summed E-state index contributed by atoms with van der Waals surface area (Å²) in [7, 11) is 0. The van der Waals surface area contributed by atoms with Crippen LogP contribution in [0.1, 0.15) is 27.7 Å². The summed E-state index contributed by atoms with van der Waals surface area (Å²) >= 11 is 3.28. The predicted octanol–water partition coefficient (Wildman–Crippen LogP) is 5.49. The van der Waals surface area contributed by atoms with Gasteiger partial charge >= 0.3 is 0 Å². The number of hydrogen-bond acceptors (Lipinski definition) is 4. The van der Waals surface area contributed by atoms with Crippen LogP contribution in [-0.4, -0.2) is 9.97 Å². The van der Waals surface area contributed by atoms with Crippen molar-refractivity contribution in [2.24, 2.45) is 0 Å². The van der Waals surface area contributed by atoms with Gasteiger partial charge in [0.05, 0.1) is 21.2 Å². The molecule has 0 spiro atoms. The lowest BCUT2D eigenvalue weighted by atomic mass is 10.3. The smallest absolute Gasteiger partial charge is 0.0812 e. The van der Waals surface area contributed by atoms with Gasteiger partial charge in [0.2, 0.25) is 0 Å². The average molecular weight is 280 g/mol. The highest BCUT2D eigenvalue weighted by Crippen LogP contribution is 2.15. The molecule has 2 nitrogen and oxygen atoms in total. The van der Waals surface area contributed by atoms with Crippen LogP contribution in [0.3, 0.4) is 0 Å². The van der Waals surface area contributed by atoms with Gasteiger partial charge in [-0.1, -0.05) is 39.8 Å². The van der Waals surface area contributed by atoms with Gasteiger partial charge in [-0.15, -0.1) is 22.7 Å². The van der Waals surface area contributed by atoms with Gasteiger partial charge in [0, 0.05) is 11.6 Å². The lowest BCUT2D eigenvalue weighted by molar-refractivity contribution is 1.43. The van der Waals surface area contributed by atoms with Crippen LogP contribution < -0.4 is 0 Å². The Bertz CT molecular complexity index is 428. The minimum Gasteiger partial charge on any atom is -0.253 e. The van der Waals surface area contributed by atoms with E-state index >= 15 is 0 Å². The predicted molar refractivity (Wildman–Crippen MR) is 84.4 cm³/mol. The zero-order valence-corrected chi connectivity index (χ0v) is 13.0. The van der Waals surface area contributed by atoms with Gasteiger partial charge in [0.1, 0.15) is 0 Å². The number of para-hydroxylation sites is 1. The summed E-state index contributed by atoms with van der Waals surface area (Å²) in [5.74, 6) is 0. The SMILES string of the molecule is CC.CC.c1ccc2scnc2c1.c1cscn1. The molecule has 0 saturated carbocycles. The van der Waals surface area contributed by atoms with Crippen LogP contribution in [-0.2, 0) is 0 Å². The molecule has 0 atom stereocenters. The zero-order valence-electron chi connectivity index (χ0n) is 11.3. The number of benzene rings is 1. The molecule has 0 saturated heterocycles. The van der Waals surface area contributed by atoms with E-state index in [1.54, 1.807) is 34.4 Å². The molecule has 4 heteroatoms. The molecule has 2 aromatic heterocycles. The first-order valence-corrected chi connectivity index (χ1v) is 7.89. The minimum atomic E-state index is 1.10. The first-order chi connectivity index (χ1) is 8.97. The topological polar surface area (TPSA) is 25.8 Å². The van der Waals surface area contributed by atoms with E-state index in [2.05, 4.69) is 16.0 Å². The molecule has 0 fully saturated rings. The Balaban J connectivity index is 0.000000276. The summed E-state index contributed by atoms with van der Waals surface area (Å²) < 4.78 is 1.26. The number of thiazole rings is 2. The zero-order chi connectivity index (χ0) is 13.6. The van der Waals surface area contributed by atoms with E-state index in [4.69, 9.17) is 0 Å². The molecule has 0 amide bonds. The molecule has 0 N–H and O–H groups in total. The molecule has 0 bridgehead atoms. The standard InChI is InChI=1S/C7H5NS.C3H3NS.2C2H6/c1-2-4-7-6(3-1)8-5-9-7;1-2-5-3-4-1;2*1-2/h1-5H;1-3H;2*1-2H3. The molecule has 3 rings (SSSR count).